The molecule has 24 heavy (non-hydrogen) atoms. The Labute approximate surface area is 147 Å². The summed E-state index contributed by atoms with van der Waals surface area (Å²) in [5.41, 5.74) is 2.78. The van der Waals surface area contributed by atoms with E-state index in [-0.39, 0.29) is 12.1 Å². The minimum Gasteiger partial charge on any atom is -0.463 e. The van der Waals surface area contributed by atoms with Gasteiger partial charge in [-0.15, -0.1) is 0 Å². The largest absolute Gasteiger partial charge is 0.463 e. The molecule has 0 N–H and O–H groups in total. The van der Waals surface area contributed by atoms with Crippen molar-refractivity contribution in [2.45, 2.75) is 85.2 Å². The lowest BCUT2D eigenvalue weighted by Gasteiger charge is -2.59. The number of allylic oxidation sites excluding steroid dienone is 2. The molecule has 0 saturated heterocycles. The first kappa shape index (κ1) is 16.7. The summed E-state index contributed by atoms with van der Waals surface area (Å²) in [7, 11) is 0. The smallest absolute Gasteiger partial charge is 0.302 e. The number of carbonyl (C=O) groups excluding carboxylic acids is 1. The van der Waals surface area contributed by atoms with E-state index in [2.05, 4.69) is 26.8 Å². The second kappa shape index (κ2) is 5.61. The van der Waals surface area contributed by atoms with Crippen LogP contribution in [0.25, 0.3) is 0 Å². The monoisotopic (exact) mass is 330 g/mol. The van der Waals surface area contributed by atoms with Gasteiger partial charge in [0.05, 0.1) is 0 Å². The third-order valence-corrected chi connectivity index (χ3v) is 8.79. The van der Waals surface area contributed by atoms with Gasteiger partial charge in [-0.2, -0.15) is 0 Å². The second-order valence-electron chi connectivity index (χ2n) is 9.75. The molecule has 4 aliphatic carbocycles. The molecule has 0 aromatic heterocycles. The molecule has 0 aromatic carbocycles. The molecule has 4 rings (SSSR count). The minimum absolute atomic E-state index is 0.101. The molecule has 134 valence electrons. The van der Waals surface area contributed by atoms with Gasteiger partial charge in [0.25, 0.3) is 0 Å². The molecular formula is C22H34O2. The van der Waals surface area contributed by atoms with Gasteiger partial charge in [-0.1, -0.05) is 32.4 Å². The topological polar surface area (TPSA) is 26.3 Å². The van der Waals surface area contributed by atoms with Crippen molar-refractivity contribution in [2.75, 3.05) is 0 Å². The highest BCUT2D eigenvalue weighted by molar-refractivity contribution is 5.66. The predicted molar refractivity (Wildman–Crippen MR) is 96.4 cm³/mol. The number of rotatable bonds is 1. The molecule has 0 amide bonds. The van der Waals surface area contributed by atoms with E-state index < -0.39 is 0 Å². The first-order valence-electron chi connectivity index (χ1n) is 10.2. The van der Waals surface area contributed by atoms with E-state index in [0.29, 0.717) is 10.8 Å². The fourth-order valence-electron chi connectivity index (χ4n) is 7.11. The van der Waals surface area contributed by atoms with Gasteiger partial charge in [-0.05, 0) is 85.9 Å². The zero-order chi connectivity index (χ0) is 17.1. The molecule has 3 fully saturated rings. The molecule has 0 radical (unpaired) electrons. The van der Waals surface area contributed by atoms with Crippen molar-refractivity contribution in [1.29, 1.82) is 0 Å². The lowest BCUT2D eigenvalue weighted by atomic mass is 9.46. The second-order valence-corrected chi connectivity index (χ2v) is 9.75. The maximum absolute atomic E-state index is 11.3. The van der Waals surface area contributed by atoms with E-state index in [1.807, 2.05) is 5.57 Å². The Balaban J connectivity index is 1.56. The van der Waals surface area contributed by atoms with Crippen molar-refractivity contribution in [3.05, 3.63) is 11.6 Å². The number of fused-ring (bicyclic) bond motifs is 5. The summed E-state index contributed by atoms with van der Waals surface area (Å²) in [6, 6.07) is 0. The van der Waals surface area contributed by atoms with Crippen LogP contribution in [0.3, 0.4) is 0 Å². The normalized spacial score (nSPS) is 50.3. The van der Waals surface area contributed by atoms with Crippen LogP contribution in [0.15, 0.2) is 11.6 Å². The molecule has 0 aromatic rings. The van der Waals surface area contributed by atoms with Gasteiger partial charge < -0.3 is 4.74 Å². The Morgan fingerprint density at radius 2 is 1.96 bits per heavy atom. The first-order valence-corrected chi connectivity index (χ1v) is 10.2. The van der Waals surface area contributed by atoms with E-state index in [1.165, 1.54) is 38.5 Å². The van der Waals surface area contributed by atoms with Gasteiger partial charge >= 0.3 is 5.97 Å². The molecular weight excluding hydrogens is 296 g/mol. The maximum atomic E-state index is 11.3. The summed E-state index contributed by atoms with van der Waals surface area (Å²) < 4.78 is 5.57. The Morgan fingerprint density at radius 1 is 1.17 bits per heavy atom. The number of hydrogen-bond donors (Lipinski definition) is 0. The van der Waals surface area contributed by atoms with Crippen LogP contribution in [-0.4, -0.2) is 12.1 Å². The third kappa shape index (κ3) is 2.31. The Hall–Kier alpha value is -0.790. The number of ether oxygens (including phenoxy) is 1. The molecule has 0 aliphatic heterocycles. The maximum Gasteiger partial charge on any atom is 0.302 e. The van der Waals surface area contributed by atoms with Crippen LogP contribution in [-0.2, 0) is 9.53 Å². The number of esters is 1. The summed E-state index contributed by atoms with van der Waals surface area (Å²) >= 11 is 0. The first-order chi connectivity index (χ1) is 11.3. The van der Waals surface area contributed by atoms with Crippen molar-refractivity contribution < 1.29 is 9.53 Å². The highest BCUT2D eigenvalue weighted by atomic mass is 16.5. The Morgan fingerprint density at radius 3 is 2.71 bits per heavy atom. The molecule has 7 atom stereocenters. The Kier molecular flexibility index (Phi) is 3.89. The van der Waals surface area contributed by atoms with Crippen molar-refractivity contribution in [1.82, 2.24) is 0 Å². The fraction of sp³-hybridized carbons (Fsp3) is 0.864. The highest BCUT2D eigenvalue weighted by Crippen LogP contribution is 2.65. The molecule has 3 unspecified atom stereocenters. The molecule has 3 saturated carbocycles. The predicted octanol–water partition coefficient (Wildman–Crippen LogP) is 5.52. The molecule has 0 heterocycles. The van der Waals surface area contributed by atoms with Gasteiger partial charge in [0.1, 0.15) is 6.10 Å². The van der Waals surface area contributed by atoms with Gasteiger partial charge in [0.2, 0.25) is 0 Å². The van der Waals surface area contributed by atoms with Crippen LogP contribution >= 0.6 is 0 Å². The van der Waals surface area contributed by atoms with Gasteiger partial charge in [0.15, 0.2) is 0 Å². The van der Waals surface area contributed by atoms with E-state index in [4.69, 9.17) is 4.74 Å². The van der Waals surface area contributed by atoms with Crippen LogP contribution in [0.2, 0.25) is 0 Å². The average Bonchev–Trinajstić information content (AvgIpc) is 2.83. The summed E-state index contributed by atoms with van der Waals surface area (Å²) in [5, 5.41) is 0. The van der Waals surface area contributed by atoms with Gasteiger partial charge in [0, 0.05) is 6.92 Å². The van der Waals surface area contributed by atoms with Crippen LogP contribution in [0, 0.1) is 34.5 Å². The Bertz CT molecular complexity index is 564. The summed E-state index contributed by atoms with van der Waals surface area (Å²) in [6.45, 7) is 9.13. The van der Waals surface area contributed by atoms with Crippen molar-refractivity contribution in [3.8, 4) is 0 Å². The molecule has 2 heteroatoms. The van der Waals surface area contributed by atoms with E-state index in [1.54, 1.807) is 6.92 Å². The summed E-state index contributed by atoms with van der Waals surface area (Å²) in [5.74, 6) is 3.18. The van der Waals surface area contributed by atoms with Gasteiger partial charge in [-0.3, -0.25) is 4.79 Å². The standard InChI is InChI=1S/C22H34O2/c1-14-5-8-19-18-7-6-16-13-17(24-15(2)23)9-11-22(16,4)20(18)10-12-21(14,19)3/h8,14,16-18,20H,5-7,9-13H2,1-4H3/t14?,16?,17?,18-,20+,21+,22-/m0/s1. The van der Waals surface area contributed by atoms with Crippen molar-refractivity contribution >= 4 is 5.97 Å². The molecule has 0 spiro atoms. The zero-order valence-electron chi connectivity index (χ0n) is 15.9. The summed E-state index contributed by atoms with van der Waals surface area (Å²) in [4.78, 5) is 11.3. The van der Waals surface area contributed by atoms with Crippen molar-refractivity contribution in [2.24, 2.45) is 34.5 Å². The van der Waals surface area contributed by atoms with Crippen LogP contribution < -0.4 is 0 Å². The third-order valence-electron chi connectivity index (χ3n) is 8.79. The molecule has 0 bridgehead atoms. The lowest BCUT2D eigenvalue weighted by molar-refractivity contribution is -0.155. The minimum atomic E-state index is -0.101. The van der Waals surface area contributed by atoms with Crippen molar-refractivity contribution in [3.63, 3.8) is 0 Å². The van der Waals surface area contributed by atoms with Crippen LogP contribution in [0.4, 0.5) is 0 Å². The fourth-order valence-corrected chi connectivity index (χ4v) is 7.11. The molecule has 2 nitrogen and oxygen atoms in total. The lowest BCUT2D eigenvalue weighted by Crippen LogP contribution is -2.52. The number of carbonyl (C=O) groups is 1. The average molecular weight is 331 g/mol. The van der Waals surface area contributed by atoms with Crippen LogP contribution in [0.1, 0.15) is 79.1 Å². The summed E-state index contributed by atoms with van der Waals surface area (Å²) in [6.07, 6.45) is 13.0. The number of hydrogen-bond acceptors (Lipinski definition) is 2. The quantitative estimate of drug-likeness (QED) is 0.467. The highest BCUT2D eigenvalue weighted by Gasteiger charge is 2.57. The molecule has 4 aliphatic rings. The zero-order valence-corrected chi connectivity index (χ0v) is 15.9. The van der Waals surface area contributed by atoms with Crippen LogP contribution in [0.5, 0.6) is 0 Å². The van der Waals surface area contributed by atoms with Gasteiger partial charge in [-0.25, -0.2) is 0 Å². The van der Waals surface area contributed by atoms with E-state index in [0.717, 1.165) is 36.5 Å². The SMILES string of the molecule is CC(=O)OC1CC[C@@]2(C)C(CC[C@H]3C4=CCC(C)[C@@]4(C)CC[C@H]32)C1. The van der Waals surface area contributed by atoms with E-state index >= 15 is 0 Å². The van der Waals surface area contributed by atoms with E-state index in [9.17, 15) is 4.79 Å².